The van der Waals surface area contributed by atoms with E-state index in [-0.39, 0.29) is 5.69 Å². The van der Waals surface area contributed by atoms with Crippen molar-refractivity contribution in [3.8, 4) is 29.3 Å². The van der Waals surface area contributed by atoms with Crippen molar-refractivity contribution < 1.29 is 59.3 Å². The molecule has 2 aromatic heterocycles. The van der Waals surface area contributed by atoms with Crippen LogP contribution in [-0.2, 0) is 18.9 Å². The van der Waals surface area contributed by atoms with Crippen molar-refractivity contribution in [3.63, 3.8) is 0 Å². The van der Waals surface area contributed by atoms with Crippen LogP contribution in [0.2, 0.25) is 0 Å². The minimum absolute atomic E-state index is 0.368. The van der Waals surface area contributed by atoms with Gasteiger partial charge in [0.05, 0.1) is 18.2 Å². The summed E-state index contributed by atoms with van der Waals surface area (Å²) in [6, 6.07) is 3.25. The molecule has 0 aliphatic carbocycles. The summed E-state index contributed by atoms with van der Waals surface area (Å²) in [4.78, 5) is 21.5. The van der Waals surface area contributed by atoms with Crippen LogP contribution in [0.3, 0.4) is 0 Å². The number of hydrogen-bond acceptors (Lipinski definition) is 7. The van der Waals surface area contributed by atoms with Crippen LogP contribution < -0.4 is 24.6 Å². The number of hydrogen-bond donors (Lipinski definition) is 1. The van der Waals surface area contributed by atoms with Crippen molar-refractivity contribution in [2.75, 3.05) is 13.2 Å². The Bertz CT molecular complexity index is 1530. The van der Waals surface area contributed by atoms with Crippen LogP contribution in [0.4, 0.5) is 35.1 Å². The molecular weight excluding hydrogens is 552 g/mol. The lowest BCUT2D eigenvalue weighted by molar-refractivity contribution is -0.885. The molecule has 0 spiro atoms. The molecule has 1 N–H and O–H groups in total. The van der Waals surface area contributed by atoms with Gasteiger partial charge in [0.25, 0.3) is 18.3 Å². The fourth-order valence-electron chi connectivity index (χ4n) is 3.50. The minimum Gasteiger partial charge on any atom is -0.484 e. The minimum atomic E-state index is -5.34. The zero-order valence-corrected chi connectivity index (χ0v) is 19.0. The van der Waals surface area contributed by atoms with Crippen LogP contribution in [0.5, 0.6) is 23.3 Å². The Labute approximate surface area is 211 Å². The van der Waals surface area contributed by atoms with E-state index >= 15 is 0 Å². The molecule has 0 atom stereocenters. The number of aliphatic hydroxyl groups excluding tert-OH is 1. The SMILES string of the molecule is N#Cc1cc(Oc2c(C(F)(F)F)nc3n(c2=O)Cc2cc(C(F)(F)F)c(OCCO)c[n+]2O3)cc(C(F)F)c1. The molecule has 0 amide bonds. The molecule has 9 nitrogen and oxygen atoms in total. The highest BCUT2D eigenvalue weighted by Crippen LogP contribution is 2.39. The van der Waals surface area contributed by atoms with Gasteiger partial charge >= 0.3 is 23.9 Å². The molecule has 206 valence electrons. The van der Waals surface area contributed by atoms with Gasteiger partial charge in [-0.1, -0.05) is 0 Å². The second-order valence-corrected chi connectivity index (χ2v) is 7.80. The smallest absolute Gasteiger partial charge is 0.437 e. The van der Waals surface area contributed by atoms with Crippen LogP contribution in [0.15, 0.2) is 35.3 Å². The first-order chi connectivity index (χ1) is 18.2. The Morgan fingerprint density at radius 2 is 1.87 bits per heavy atom. The molecule has 3 aromatic rings. The molecule has 1 aromatic carbocycles. The molecule has 0 fully saturated rings. The van der Waals surface area contributed by atoms with Crippen LogP contribution >= 0.6 is 0 Å². The maximum Gasteiger partial charge on any atom is 0.437 e. The number of benzene rings is 1. The van der Waals surface area contributed by atoms with Crippen molar-refractivity contribution in [1.82, 2.24) is 9.55 Å². The third-order valence-corrected chi connectivity index (χ3v) is 5.14. The summed E-state index contributed by atoms with van der Waals surface area (Å²) < 4.78 is 120. The molecule has 3 heterocycles. The molecule has 0 saturated heterocycles. The number of halogens is 8. The molecule has 39 heavy (non-hydrogen) atoms. The Balaban J connectivity index is 1.85. The highest BCUT2D eigenvalue weighted by Gasteiger charge is 2.44. The summed E-state index contributed by atoms with van der Waals surface area (Å²) in [5.74, 6) is -3.03. The fourth-order valence-corrected chi connectivity index (χ4v) is 3.50. The number of ether oxygens (including phenoxy) is 2. The normalized spacial score (nSPS) is 12.8. The first-order valence-electron chi connectivity index (χ1n) is 10.5. The van der Waals surface area contributed by atoms with E-state index in [1.807, 2.05) is 0 Å². The first kappa shape index (κ1) is 27.6. The van der Waals surface area contributed by atoms with E-state index in [0.717, 1.165) is 12.1 Å². The third kappa shape index (κ3) is 5.55. The topological polar surface area (TPSA) is 110 Å². The lowest BCUT2D eigenvalue weighted by Gasteiger charge is -2.20. The average molecular weight is 565 g/mol. The Morgan fingerprint density at radius 3 is 2.46 bits per heavy atom. The van der Waals surface area contributed by atoms with Gasteiger partial charge in [0, 0.05) is 16.4 Å². The second kappa shape index (κ2) is 10.0. The molecule has 0 unspecified atom stereocenters. The number of pyridine rings is 1. The van der Waals surface area contributed by atoms with Crippen molar-refractivity contribution in [2.45, 2.75) is 25.3 Å². The zero-order valence-electron chi connectivity index (χ0n) is 19.0. The first-order valence-corrected chi connectivity index (χ1v) is 10.5. The molecule has 1 aliphatic rings. The van der Waals surface area contributed by atoms with Crippen LogP contribution in [0.1, 0.15) is 34.5 Å². The summed E-state index contributed by atoms with van der Waals surface area (Å²) in [7, 11) is 0. The predicted octanol–water partition coefficient (Wildman–Crippen LogP) is 3.74. The van der Waals surface area contributed by atoms with Gasteiger partial charge in [-0.2, -0.15) is 41.4 Å². The average Bonchev–Trinajstić information content (AvgIpc) is 2.86. The number of fused-ring (bicyclic) bond motifs is 2. The molecule has 1 aliphatic heterocycles. The van der Waals surface area contributed by atoms with Gasteiger partial charge < -0.3 is 14.6 Å². The summed E-state index contributed by atoms with van der Waals surface area (Å²) in [6.07, 6.45) is -12.8. The third-order valence-electron chi connectivity index (χ3n) is 5.14. The largest absolute Gasteiger partial charge is 0.484 e. The Hall–Kier alpha value is -4.46. The van der Waals surface area contributed by atoms with E-state index in [1.54, 1.807) is 0 Å². The zero-order chi connectivity index (χ0) is 28.7. The number of alkyl halides is 8. The van der Waals surface area contributed by atoms with Gasteiger partial charge in [0.15, 0.2) is 5.69 Å². The molecular formula is C22H13F8N4O5+. The van der Waals surface area contributed by atoms with Crippen molar-refractivity contribution in [1.29, 1.82) is 5.26 Å². The number of aromatic nitrogens is 3. The maximum atomic E-state index is 13.8. The summed E-state index contributed by atoms with van der Waals surface area (Å²) >= 11 is 0. The molecule has 0 saturated carbocycles. The summed E-state index contributed by atoms with van der Waals surface area (Å²) in [6.45, 7) is -1.97. The van der Waals surface area contributed by atoms with E-state index < -0.39 is 89.7 Å². The molecule has 4 rings (SSSR count). The summed E-state index contributed by atoms with van der Waals surface area (Å²) in [5, 5.41) is 17.9. The van der Waals surface area contributed by atoms with E-state index in [0.29, 0.717) is 27.6 Å². The van der Waals surface area contributed by atoms with Gasteiger partial charge in [-0.05, 0) is 18.2 Å². The monoisotopic (exact) mass is 565 g/mol. The molecule has 0 radical (unpaired) electrons. The van der Waals surface area contributed by atoms with Gasteiger partial charge in [0.1, 0.15) is 24.5 Å². The van der Waals surface area contributed by atoms with Crippen molar-refractivity contribution >= 4 is 0 Å². The molecule has 0 bridgehead atoms. The summed E-state index contributed by atoms with van der Waals surface area (Å²) in [5.41, 5.74) is -6.37. The van der Waals surface area contributed by atoms with Crippen LogP contribution in [0, 0.1) is 11.3 Å². The highest BCUT2D eigenvalue weighted by atomic mass is 19.4. The Kier molecular flexibility index (Phi) is 7.08. The quantitative estimate of drug-likeness (QED) is 0.280. The van der Waals surface area contributed by atoms with E-state index in [4.69, 9.17) is 24.7 Å². The van der Waals surface area contributed by atoms with E-state index in [2.05, 4.69) is 4.98 Å². The van der Waals surface area contributed by atoms with Crippen LogP contribution in [0.25, 0.3) is 0 Å². The number of rotatable bonds is 6. The van der Waals surface area contributed by atoms with Crippen molar-refractivity contribution in [2.24, 2.45) is 0 Å². The maximum absolute atomic E-state index is 13.8. The predicted molar refractivity (Wildman–Crippen MR) is 109 cm³/mol. The van der Waals surface area contributed by atoms with Gasteiger partial charge in [0.2, 0.25) is 11.5 Å². The fraction of sp³-hybridized carbons (Fsp3) is 0.273. The van der Waals surface area contributed by atoms with Crippen molar-refractivity contribution in [3.05, 3.63) is 68.9 Å². The van der Waals surface area contributed by atoms with Gasteiger partial charge in [-0.3, -0.25) is 4.79 Å². The second-order valence-electron chi connectivity index (χ2n) is 7.80. The molecule has 17 heteroatoms. The van der Waals surface area contributed by atoms with Gasteiger partial charge in [-0.15, -0.1) is 0 Å². The lowest BCUT2D eigenvalue weighted by atomic mass is 10.1. The number of aliphatic hydroxyl groups is 1. The number of nitriles is 1. The van der Waals surface area contributed by atoms with E-state index in [9.17, 15) is 39.9 Å². The number of nitrogens with zero attached hydrogens (tertiary/aromatic N) is 4. The van der Waals surface area contributed by atoms with Crippen LogP contribution in [-0.4, -0.2) is 27.9 Å². The highest BCUT2D eigenvalue weighted by molar-refractivity contribution is 5.44. The van der Waals surface area contributed by atoms with E-state index in [1.165, 1.54) is 6.07 Å². The Morgan fingerprint density at radius 1 is 1.15 bits per heavy atom. The standard InChI is InChI=1S/C22H13F8N4O5/c23-18(24)11-3-10(7-31)4-13(5-11)38-16-17(22(28,29)30)32-20-33(19(16)36)8-12-6-14(21(25,26)27)15(37-2-1-35)9-34(12)39-20/h3-6,9,18,35H,1-2,8H2/q+1. The lowest BCUT2D eigenvalue weighted by Crippen LogP contribution is -2.51. The van der Waals surface area contributed by atoms with Gasteiger partial charge in [-0.25, -0.2) is 13.3 Å².